The number of hydrogen-bond acceptors (Lipinski definition) is 3. The van der Waals surface area contributed by atoms with Crippen LogP contribution in [-0.2, 0) is 17.7 Å². The van der Waals surface area contributed by atoms with Crippen LogP contribution in [0.5, 0.6) is 0 Å². The first-order valence-electron chi connectivity index (χ1n) is 6.51. The van der Waals surface area contributed by atoms with E-state index in [9.17, 15) is 4.79 Å². The fraction of sp³-hybridized carbons (Fsp3) is 0.250. The van der Waals surface area contributed by atoms with Crippen molar-refractivity contribution < 1.29 is 9.63 Å². The zero-order chi connectivity index (χ0) is 14.4. The number of hydrogen-bond donors (Lipinski definition) is 0. The third-order valence-electron chi connectivity index (χ3n) is 3.15. The number of benzene rings is 1. The standard InChI is InChI=1S/C16H18N2O2/c1-18(20-2)16(19)15-11-10-14(12-17-15)9-8-13-6-4-3-5-7-13/h3-7,10-12H,8-9H2,1-2H3. The number of carbonyl (C=O) groups excluding carboxylic acids is 1. The van der Waals surface area contributed by atoms with Gasteiger partial charge in [0.25, 0.3) is 5.91 Å². The number of rotatable bonds is 5. The van der Waals surface area contributed by atoms with Gasteiger partial charge < -0.3 is 0 Å². The Balaban J connectivity index is 1.96. The molecule has 4 heteroatoms. The second-order valence-electron chi connectivity index (χ2n) is 4.52. The first kappa shape index (κ1) is 14.2. The van der Waals surface area contributed by atoms with Crippen LogP contribution < -0.4 is 0 Å². The molecule has 0 saturated carbocycles. The molecule has 2 aromatic rings. The van der Waals surface area contributed by atoms with Gasteiger partial charge >= 0.3 is 0 Å². The third kappa shape index (κ3) is 3.65. The molecule has 1 heterocycles. The van der Waals surface area contributed by atoms with Crippen molar-refractivity contribution in [2.75, 3.05) is 14.2 Å². The summed E-state index contributed by atoms with van der Waals surface area (Å²) in [4.78, 5) is 20.8. The molecule has 1 aromatic heterocycles. The zero-order valence-electron chi connectivity index (χ0n) is 11.7. The minimum absolute atomic E-state index is 0.248. The Morgan fingerprint density at radius 1 is 1.10 bits per heavy atom. The lowest BCUT2D eigenvalue weighted by Crippen LogP contribution is -2.26. The second kappa shape index (κ2) is 6.82. The highest BCUT2D eigenvalue weighted by atomic mass is 16.7. The van der Waals surface area contributed by atoms with E-state index >= 15 is 0 Å². The highest BCUT2D eigenvalue weighted by Gasteiger charge is 2.12. The molecule has 1 aromatic carbocycles. The fourth-order valence-corrected chi connectivity index (χ4v) is 1.88. The molecular weight excluding hydrogens is 252 g/mol. The van der Waals surface area contributed by atoms with Crippen LogP contribution in [0.25, 0.3) is 0 Å². The van der Waals surface area contributed by atoms with Crippen LogP contribution in [-0.4, -0.2) is 30.1 Å². The van der Waals surface area contributed by atoms with Gasteiger partial charge in [0.2, 0.25) is 0 Å². The van der Waals surface area contributed by atoms with Gasteiger partial charge in [-0.3, -0.25) is 14.6 Å². The Bertz CT molecular complexity index is 552. The summed E-state index contributed by atoms with van der Waals surface area (Å²) in [7, 11) is 3.01. The van der Waals surface area contributed by atoms with Gasteiger partial charge in [-0.1, -0.05) is 36.4 Å². The molecule has 0 fully saturated rings. The van der Waals surface area contributed by atoms with Crippen molar-refractivity contribution in [2.24, 2.45) is 0 Å². The molecule has 0 aliphatic heterocycles. The van der Waals surface area contributed by atoms with E-state index in [0.717, 1.165) is 23.5 Å². The molecule has 0 atom stereocenters. The van der Waals surface area contributed by atoms with E-state index in [1.54, 1.807) is 19.3 Å². The lowest BCUT2D eigenvalue weighted by molar-refractivity contribution is -0.0760. The molecular formula is C16H18N2O2. The van der Waals surface area contributed by atoms with Crippen LogP contribution in [0.1, 0.15) is 21.6 Å². The molecule has 0 bridgehead atoms. The normalized spacial score (nSPS) is 10.3. The highest BCUT2D eigenvalue weighted by Crippen LogP contribution is 2.08. The van der Waals surface area contributed by atoms with E-state index in [1.165, 1.54) is 12.7 Å². The minimum Gasteiger partial charge on any atom is -0.274 e. The number of hydroxylamine groups is 2. The van der Waals surface area contributed by atoms with E-state index < -0.39 is 0 Å². The number of aromatic nitrogens is 1. The van der Waals surface area contributed by atoms with Crippen molar-refractivity contribution in [1.82, 2.24) is 10.0 Å². The predicted molar refractivity (Wildman–Crippen MR) is 77.2 cm³/mol. The average Bonchev–Trinajstić information content (AvgIpc) is 2.53. The maximum atomic E-state index is 11.8. The van der Waals surface area contributed by atoms with E-state index in [0.29, 0.717) is 5.69 Å². The van der Waals surface area contributed by atoms with Gasteiger partial charge in [-0.2, -0.15) is 0 Å². The average molecular weight is 270 g/mol. The highest BCUT2D eigenvalue weighted by molar-refractivity contribution is 5.91. The third-order valence-corrected chi connectivity index (χ3v) is 3.15. The Hall–Kier alpha value is -2.20. The molecule has 0 aliphatic carbocycles. The van der Waals surface area contributed by atoms with Gasteiger partial charge in [-0.05, 0) is 30.0 Å². The molecule has 2 rings (SSSR count). The lowest BCUT2D eigenvalue weighted by Gasteiger charge is -2.12. The quantitative estimate of drug-likeness (QED) is 0.784. The molecule has 0 aliphatic rings. The maximum absolute atomic E-state index is 11.8. The predicted octanol–water partition coefficient (Wildman–Crippen LogP) is 2.50. The minimum atomic E-state index is -0.248. The molecule has 0 N–H and O–H groups in total. The molecule has 20 heavy (non-hydrogen) atoms. The van der Waals surface area contributed by atoms with Gasteiger partial charge in [0, 0.05) is 13.2 Å². The van der Waals surface area contributed by atoms with Crippen LogP contribution in [0.4, 0.5) is 0 Å². The van der Waals surface area contributed by atoms with Crippen LogP contribution in [0.15, 0.2) is 48.7 Å². The number of pyridine rings is 1. The first-order valence-corrected chi connectivity index (χ1v) is 6.51. The summed E-state index contributed by atoms with van der Waals surface area (Å²) in [5, 5.41) is 1.16. The summed E-state index contributed by atoms with van der Waals surface area (Å²) in [5.74, 6) is -0.248. The number of carbonyl (C=O) groups is 1. The molecule has 1 amide bonds. The van der Waals surface area contributed by atoms with Gasteiger partial charge in [0.1, 0.15) is 5.69 Å². The molecule has 0 saturated heterocycles. The summed E-state index contributed by atoms with van der Waals surface area (Å²) in [6, 6.07) is 14.0. The van der Waals surface area contributed by atoms with Gasteiger partial charge in [-0.25, -0.2) is 5.06 Å². The number of aryl methyl sites for hydroxylation is 2. The summed E-state index contributed by atoms with van der Waals surface area (Å²) < 4.78 is 0. The van der Waals surface area contributed by atoms with Gasteiger partial charge in [0.15, 0.2) is 0 Å². The molecule has 0 spiro atoms. The van der Waals surface area contributed by atoms with E-state index in [4.69, 9.17) is 4.84 Å². The van der Waals surface area contributed by atoms with Crippen LogP contribution >= 0.6 is 0 Å². The Morgan fingerprint density at radius 3 is 2.40 bits per heavy atom. The molecule has 4 nitrogen and oxygen atoms in total. The summed E-state index contributed by atoms with van der Waals surface area (Å²) >= 11 is 0. The van der Waals surface area contributed by atoms with Crippen LogP contribution in [0.3, 0.4) is 0 Å². The SMILES string of the molecule is CON(C)C(=O)c1ccc(CCc2ccccc2)cn1. The first-order chi connectivity index (χ1) is 9.70. The van der Waals surface area contributed by atoms with E-state index in [2.05, 4.69) is 17.1 Å². The van der Waals surface area contributed by atoms with Gasteiger partial charge in [0.05, 0.1) is 7.11 Å². The smallest absolute Gasteiger partial charge is 0.274 e. The second-order valence-corrected chi connectivity index (χ2v) is 4.52. The lowest BCUT2D eigenvalue weighted by atomic mass is 10.1. The molecule has 0 unspecified atom stereocenters. The summed E-state index contributed by atoms with van der Waals surface area (Å²) in [5.41, 5.74) is 2.80. The molecule has 0 radical (unpaired) electrons. The Labute approximate surface area is 119 Å². The Kier molecular flexibility index (Phi) is 4.85. The van der Waals surface area contributed by atoms with Crippen molar-refractivity contribution in [1.29, 1.82) is 0 Å². The number of amides is 1. The summed E-state index contributed by atoms with van der Waals surface area (Å²) in [6.45, 7) is 0. The van der Waals surface area contributed by atoms with Crippen molar-refractivity contribution in [3.63, 3.8) is 0 Å². The van der Waals surface area contributed by atoms with Gasteiger partial charge in [-0.15, -0.1) is 0 Å². The van der Waals surface area contributed by atoms with E-state index in [-0.39, 0.29) is 5.91 Å². The van der Waals surface area contributed by atoms with Crippen LogP contribution in [0, 0.1) is 0 Å². The topological polar surface area (TPSA) is 42.4 Å². The maximum Gasteiger partial charge on any atom is 0.295 e. The van der Waals surface area contributed by atoms with Crippen molar-refractivity contribution >= 4 is 5.91 Å². The largest absolute Gasteiger partial charge is 0.295 e. The number of nitrogens with zero attached hydrogens (tertiary/aromatic N) is 2. The van der Waals surface area contributed by atoms with E-state index in [1.807, 2.05) is 24.3 Å². The van der Waals surface area contributed by atoms with Crippen molar-refractivity contribution in [3.05, 3.63) is 65.5 Å². The molecule has 104 valence electrons. The van der Waals surface area contributed by atoms with Crippen molar-refractivity contribution in [2.45, 2.75) is 12.8 Å². The van der Waals surface area contributed by atoms with Crippen molar-refractivity contribution in [3.8, 4) is 0 Å². The van der Waals surface area contributed by atoms with Crippen LogP contribution in [0.2, 0.25) is 0 Å². The Morgan fingerprint density at radius 2 is 1.80 bits per heavy atom. The monoisotopic (exact) mass is 270 g/mol. The fourth-order valence-electron chi connectivity index (χ4n) is 1.88. The summed E-state index contributed by atoms with van der Waals surface area (Å²) in [6.07, 6.45) is 3.62. The zero-order valence-corrected chi connectivity index (χ0v) is 11.7.